The number of benzene rings is 2. The van der Waals surface area contributed by atoms with Crippen LogP contribution >= 0.6 is 23.4 Å². The van der Waals surface area contributed by atoms with E-state index in [1.54, 1.807) is 25.1 Å². The molecule has 0 heterocycles. The normalized spacial score (nSPS) is 12.4. The van der Waals surface area contributed by atoms with E-state index in [0.29, 0.717) is 18.0 Å². The molecule has 1 atom stereocenters. The summed E-state index contributed by atoms with van der Waals surface area (Å²) in [6, 6.07) is 7.83. The number of carbonyl (C=O) groups excluding carboxylic acids is 1. The van der Waals surface area contributed by atoms with Crippen LogP contribution in [-0.4, -0.2) is 24.8 Å². The van der Waals surface area contributed by atoms with Crippen molar-refractivity contribution in [2.75, 3.05) is 12.8 Å². The minimum atomic E-state index is -4.49. The van der Waals surface area contributed by atoms with Crippen LogP contribution in [0.25, 0.3) is 0 Å². The van der Waals surface area contributed by atoms with Gasteiger partial charge in [-0.25, -0.2) is 0 Å². The Hall–Kier alpha value is -2.06. The van der Waals surface area contributed by atoms with Gasteiger partial charge in [-0.2, -0.15) is 13.2 Å². The van der Waals surface area contributed by atoms with Crippen LogP contribution in [0.2, 0.25) is 5.02 Å². The average Bonchev–Trinajstić information content (AvgIpc) is 2.67. The maximum atomic E-state index is 12.8. The first-order chi connectivity index (χ1) is 13.7. The standard InChI is InChI=1S/C20H21ClF3NO3S/c1-4-9-25-19(26)12(2)27-17-11-14(6-8-18(17)29-3)28-16-7-5-13(10-15(16)21)20(22,23)24/h5-8,10-12H,4,9H2,1-3H3,(H,25,26). The number of rotatable bonds is 8. The van der Waals surface area contributed by atoms with Crippen molar-refractivity contribution < 1.29 is 27.4 Å². The highest BCUT2D eigenvalue weighted by Gasteiger charge is 2.31. The third kappa shape index (κ3) is 6.47. The minimum absolute atomic E-state index is 0.0799. The van der Waals surface area contributed by atoms with E-state index in [4.69, 9.17) is 21.1 Å². The Morgan fingerprint density at radius 1 is 1.21 bits per heavy atom. The van der Waals surface area contributed by atoms with Gasteiger partial charge in [0, 0.05) is 17.5 Å². The van der Waals surface area contributed by atoms with Gasteiger partial charge in [-0.15, -0.1) is 11.8 Å². The predicted octanol–water partition coefficient (Wildman–Crippen LogP) is 6.17. The lowest BCUT2D eigenvalue weighted by molar-refractivity contribution is -0.137. The fourth-order valence-corrected chi connectivity index (χ4v) is 3.07. The second-order valence-corrected chi connectivity index (χ2v) is 7.36. The molecule has 9 heteroatoms. The Morgan fingerprint density at radius 3 is 2.52 bits per heavy atom. The van der Waals surface area contributed by atoms with Gasteiger partial charge in [0.1, 0.15) is 17.2 Å². The molecule has 0 radical (unpaired) electrons. The summed E-state index contributed by atoms with van der Waals surface area (Å²) in [5.41, 5.74) is -0.858. The lowest BCUT2D eigenvalue weighted by atomic mass is 10.2. The lowest BCUT2D eigenvalue weighted by Gasteiger charge is -2.18. The molecule has 2 aromatic carbocycles. The summed E-state index contributed by atoms with van der Waals surface area (Å²) in [5, 5.41) is 2.59. The summed E-state index contributed by atoms with van der Waals surface area (Å²) >= 11 is 7.37. The molecule has 0 saturated carbocycles. The third-order valence-electron chi connectivity index (χ3n) is 3.84. The van der Waals surface area contributed by atoms with Crippen molar-refractivity contribution in [2.24, 2.45) is 0 Å². The number of carbonyl (C=O) groups is 1. The molecule has 4 nitrogen and oxygen atoms in total. The largest absolute Gasteiger partial charge is 0.480 e. The molecule has 29 heavy (non-hydrogen) atoms. The van der Waals surface area contributed by atoms with E-state index in [1.165, 1.54) is 11.8 Å². The van der Waals surface area contributed by atoms with Crippen molar-refractivity contribution in [2.45, 2.75) is 37.4 Å². The van der Waals surface area contributed by atoms with Crippen molar-refractivity contribution >= 4 is 29.3 Å². The Bertz CT molecular complexity index is 861. The molecule has 158 valence electrons. The van der Waals surface area contributed by atoms with E-state index in [-0.39, 0.29) is 16.7 Å². The molecule has 2 aromatic rings. The van der Waals surface area contributed by atoms with Crippen molar-refractivity contribution in [3.05, 3.63) is 47.0 Å². The van der Waals surface area contributed by atoms with Crippen LogP contribution in [0, 0.1) is 0 Å². The van der Waals surface area contributed by atoms with Gasteiger partial charge in [-0.3, -0.25) is 4.79 Å². The molecule has 2 rings (SSSR count). The third-order valence-corrected chi connectivity index (χ3v) is 4.92. The molecule has 0 saturated heterocycles. The highest BCUT2D eigenvalue weighted by molar-refractivity contribution is 7.98. The Morgan fingerprint density at radius 2 is 1.93 bits per heavy atom. The second-order valence-electron chi connectivity index (χ2n) is 6.11. The van der Waals surface area contributed by atoms with Gasteiger partial charge in [0.25, 0.3) is 5.91 Å². The first kappa shape index (κ1) is 23.2. The first-order valence-electron chi connectivity index (χ1n) is 8.82. The van der Waals surface area contributed by atoms with Gasteiger partial charge < -0.3 is 14.8 Å². The number of ether oxygens (including phenoxy) is 2. The Balaban J connectivity index is 2.21. The highest BCUT2D eigenvalue weighted by Crippen LogP contribution is 2.38. The Labute approximate surface area is 176 Å². The van der Waals surface area contributed by atoms with Crippen LogP contribution in [0.1, 0.15) is 25.8 Å². The van der Waals surface area contributed by atoms with Crippen molar-refractivity contribution in [1.29, 1.82) is 0 Å². The summed E-state index contributed by atoms with van der Waals surface area (Å²) in [7, 11) is 0. The molecule has 1 unspecified atom stereocenters. The van der Waals surface area contributed by atoms with Gasteiger partial charge in [-0.05, 0) is 49.9 Å². The zero-order valence-electron chi connectivity index (χ0n) is 16.1. The summed E-state index contributed by atoms with van der Waals surface area (Å²) in [6.45, 7) is 4.14. The lowest BCUT2D eigenvalue weighted by Crippen LogP contribution is -2.36. The fraction of sp³-hybridized carbons (Fsp3) is 0.350. The van der Waals surface area contributed by atoms with E-state index in [1.807, 2.05) is 13.2 Å². The molecule has 0 fully saturated rings. The zero-order valence-corrected chi connectivity index (χ0v) is 17.7. The van der Waals surface area contributed by atoms with Crippen molar-refractivity contribution in [1.82, 2.24) is 5.32 Å². The molecular weight excluding hydrogens is 427 g/mol. The summed E-state index contributed by atoms with van der Waals surface area (Å²) in [6.07, 6.45) is -2.54. The van der Waals surface area contributed by atoms with Gasteiger partial charge >= 0.3 is 6.18 Å². The van der Waals surface area contributed by atoms with E-state index < -0.39 is 17.8 Å². The SMILES string of the molecule is CCCNC(=O)C(C)Oc1cc(Oc2ccc(C(F)(F)F)cc2Cl)ccc1SC. The minimum Gasteiger partial charge on any atom is -0.480 e. The number of halogens is 4. The van der Waals surface area contributed by atoms with Gasteiger partial charge in [0.2, 0.25) is 0 Å². The molecule has 0 spiro atoms. The molecule has 1 amide bonds. The van der Waals surface area contributed by atoms with Crippen LogP contribution in [-0.2, 0) is 11.0 Å². The predicted molar refractivity (Wildman–Crippen MR) is 108 cm³/mol. The van der Waals surface area contributed by atoms with E-state index in [9.17, 15) is 18.0 Å². The van der Waals surface area contributed by atoms with Crippen LogP contribution in [0.4, 0.5) is 13.2 Å². The first-order valence-corrected chi connectivity index (χ1v) is 10.4. The molecule has 1 N–H and O–H groups in total. The molecular formula is C20H21ClF3NO3S. The van der Waals surface area contributed by atoms with Crippen molar-refractivity contribution in [3.8, 4) is 17.2 Å². The molecule has 0 aliphatic carbocycles. The quantitative estimate of drug-likeness (QED) is 0.492. The smallest absolute Gasteiger partial charge is 0.416 e. The van der Waals surface area contributed by atoms with E-state index in [0.717, 1.165) is 29.5 Å². The fourth-order valence-electron chi connectivity index (χ4n) is 2.34. The topological polar surface area (TPSA) is 47.6 Å². The maximum absolute atomic E-state index is 12.8. The summed E-state index contributed by atoms with van der Waals surface area (Å²) in [4.78, 5) is 12.8. The molecule has 0 aromatic heterocycles. The molecule has 0 aliphatic rings. The number of alkyl halides is 3. The number of nitrogens with one attached hydrogen (secondary N) is 1. The summed E-state index contributed by atoms with van der Waals surface area (Å²) in [5.74, 6) is 0.588. The van der Waals surface area contributed by atoms with Gasteiger partial charge in [0.15, 0.2) is 6.10 Å². The number of hydrogen-bond acceptors (Lipinski definition) is 4. The van der Waals surface area contributed by atoms with Gasteiger partial charge in [-0.1, -0.05) is 18.5 Å². The van der Waals surface area contributed by atoms with Crippen LogP contribution in [0.3, 0.4) is 0 Å². The van der Waals surface area contributed by atoms with E-state index >= 15 is 0 Å². The zero-order chi connectivity index (χ0) is 21.6. The maximum Gasteiger partial charge on any atom is 0.416 e. The number of amides is 1. The monoisotopic (exact) mass is 447 g/mol. The summed E-state index contributed by atoms with van der Waals surface area (Å²) < 4.78 is 49.7. The van der Waals surface area contributed by atoms with E-state index in [2.05, 4.69) is 5.32 Å². The van der Waals surface area contributed by atoms with Crippen LogP contribution in [0.5, 0.6) is 17.2 Å². The van der Waals surface area contributed by atoms with Crippen LogP contribution < -0.4 is 14.8 Å². The molecule has 0 bridgehead atoms. The average molecular weight is 448 g/mol. The number of thioether (sulfide) groups is 1. The molecule has 0 aliphatic heterocycles. The van der Waals surface area contributed by atoms with Crippen molar-refractivity contribution in [3.63, 3.8) is 0 Å². The Kier molecular flexibility index (Phi) is 8.10. The van der Waals surface area contributed by atoms with Crippen LogP contribution in [0.15, 0.2) is 41.3 Å². The number of hydrogen-bond donors (Lipinski definition) is 1. The second kappa shape index (κ2) is 10.1. The van der Waals surface area contributed by atoms with Gasteiger partial charge in [0.05, 0.1) is 10.6 Å². The highest BCUT2D eigenvalue weighted by atomic mass is 35.5.